The predicted molar refractivity (Wildman–Crippen MR) is 96.6 cm³/mol. The highest BCUT2D eigenvalue weighted by atomic mass is 32.2. The standard InChI is InChI=1S/C18H19F2N3O3S/c19-14-8-13-2-1-7-23(18(13)16(20)9-14)11-17(24)22-10-12-3-5-15(6-4-12)27(21,25)26/h3-6,8-9H,1-2,7,10-11H2,(H,22,24)(H2,21,25,26). The van der Waals surface area contributed by atoms with Gasteiger partial charge in [0.1, 0.15) is 11.6 Å². The topological polar surface area (TPSA) is 92.5 Å². The second-order valence-electron chi connectivity index (χ2n) is 6.39. The van der Waals surface area contributed by atoms with Crippen molar-refractivity contribution >= 4 is 21.6 Å². The predicted octanol–water partition coefficient (Wildman–Crippen LogP) is 1.68. The zero-order valence-electron chi connectivity index (χ0n) is 14.4. The molecule has 0 atom stereocenters. The lowest BCUT2D eigenvalue weighted by molar-refractivity contribution is -0.119. The maximum absolute atomic E-state index is 14.1. The summed E-state index contributed by atoms with van der Waals surface area (Å²) in [7, 11) is -3.76. The van der Waals surface area contributed by atoms with Crippen molar-refractivity contribution < 1.29 is 22.0 Å². The zero-order chi connectivity index (χ0) is 19.6. The number of carbonyl (C=O) groups excluding carboxylic acids is 1. The molecule has 0 unspecified atom stereocenters. The molecule has 0 fully saturated rings. The molecule has 0 bridgehead atoms. The van der Waals surface area contributed by atoms with E-state index >= 15 is 0 Å². The van der Waals surface area contributed by atoms with Crippen molar-refractivity contribution in [3.63, 3.8) is 0 Å². The van der Waals surface area contributed by atoms with E-state index in [1.165, 1.54) is 18.2 Å². The summed E-state index contributed by atoms with van der Waals surface area (Å²) in [6.45, 7) is 0.646. The van der Waals surface area contributed by atoms with Gasteiger partial charge in [-0.2, -0.15) is 0 Å². The maximum atomic E-state index is 14.1. The normalized spacial score (nSPS) is 14.0. The molecule has 0 radical (unpaired) electrons. The fraction of sp³-hybridized carbons (Fsp3) is 0.278. The van der Waals surface area contributed by atoms with Crippen LogP contribution in [0.25, 0.3) is 0 Å². The van der Waals surface area contributed by atoms with Crippen LogP contribution in [0.5, 0.6) is 0 Å². The van der Waals surface area contributed by atoms with Gasteiger partial charge in [0.15, 0.2) is 0 Å². The maximum Gasteiger partial charge on any atom is 0.239 e. The number of primary sulfonamides is 1. The van der Waals surface area contributed by atoms with Crippen molar-refractivity contribution in [2.45, 2.75) is 24.3 Å². The monoisotopic (exact) mass is 395 g/mol. The Morgan fingerprint density at radius 1 is 1.19 bits per heavy atom. The van der Waals surface area contributed by atoms with Crippen molar-refractivity contribution in [1.82, 2.24) is 5.32 Å². The van der Waals surface area contributed by atoms with Gasteiger partial charge in [0.25, 0.3) is 0 Å². The number of hydrogen-bond acceptors (Lipinski definition) is 4. The summed E-state index contributed by atoms with van der Waals surface area (Å²) in [5, 5.41) is 7.74. The molecule has 3 N–H and O–H groups in total. The third-order valence-electron chi connectivity index (χ3n) is 4.37. The van der Waals surface area contributed by atoms with Crippen LogP contribution in [-0.4, -0.2) is 27.4 Å². The zero-order valence-corrected chi connectivity index (χ0v) is 15.2. The minimum atomic E-state index is -3.76. The van der Waals surface area contributed by atoms with Crippen LogP contribution in [0, 0.1) is 11.6 Å². The van der Waals surface area contributed by atoms with Gasteiger partial charge in [-0.05, 0) is 42.2 Å². The van der Waals surface area contributed by atoms with Gasteiger partial charge in [-0.3, -0.25) is 4.79 Å². The van der Waals surface area contributed by atoms with Crippen LogP contribution in [0.4, 0.5) is 14.5 Å². The molecule has 2 aromatic carbocycles. The number of nitrogens with zero attached hydrogens (tertiary/aromatic N) is 1. The van der Waals surface area contributed by atoms with Crippen LogP contribution in [-0.2, 0) is 27.8 Å². The van der Waals surface area contributed by atoms with Gasteiger partial charge in [-0.15, -0.1) is 0 Å². The molecule has 1 heterocycles. The fourth-order valence-corrected chi connectivity index (χ4v) is 3.64. The van der Waals surface area contributed by atoms with Crippen molar-refractivity contribution in [1.29, 1.82) is 0 Å². The van der Waals surface area contributed by atoms with Gasteiger partial charge in [0.2, 0.25) is 15.9 Å². The number of aryl methyl sites for hydroxylation is 1. The largest absolute Gasteiger partial charge is 0.360 e. The summed E-state index contributed by atoms with van der Waals surface area (Å²) >= 11 is 0. The molecule has 3 rings (SSSR count). The molecule has 0 aromatic heterocycles. The Morgan fingerprint density at radius 3 is 2.56 bits per heavy atom. The van der Waals surface area contributed by atoms with E-state index < -0.39 is 21.7 Å². The van der Waals surface area contributed by atoms with Gasteiger partial charge in [-0.25, -0.2) is 22.3 Å². The quantitative estimate of drug-likeness (QED) is 0.806. The van der Waals surface area contributed by atoms with Gasteiger partial charge in [0.05, 0.1) is 17.1 Å². The minimum absolute atomic E-state index is 0.00907. The number of sulfonamides is 1. The lowest BCUT2D eigenvalue weighted by atomic mass is 10.0. The molecular formula is C18H19F2N3O3S. The Balaban J connectivity index is 1.63. The Kier molecular flexibility index (Phi) is 5.43. The lowest BCUT2D eigenvalue weighted by Crippen LogP contribution is -2.40. The smallest absolute Gasteiger partial charge is 0.239 e. The molecular weight excluding hydrogens is 376 g/mol. The average Bonchev–Trinajstić information content (AvgIpc) is 2.59. The van der Waals surface area contributed by atoms with Crippen molar-refractivity contribution in [3.8, 4) is 0 Å². The first-order chi connectivity index (χ1) is 12.7. The number of carbonyl (C=O) groups is 1. The number of fused-ring (bicyclic) bond motifs is 1. The first kappa shape index (κ1) is 19.2. The number of nitrogens with two attached hydrogens (primary N) is 1. The highest BCUT2D eigenvalue weighted by molar-refractivity contribution is 7.89. The van der Waals surface area contributed by atoms with Crippen molar-refractivity contribution in [3.05, 3.63) is 59.2 Å². The Bertz CT molecular complexity index is 963. The van der Waals surface area contributed by atoms with E-state index in [2.05, 4.69) is 5.32 Å². The summed E-state index contributed by atoms with van der Waals surface area (Å²) < 4.78 is 50.0. The van der Waals surface area contributed by atoms with Crippen LogP contribution >= 0.6 is 0 Å². The Labute approximate surface area is 156 Å². The first-order valence-corrected chi connectivity index (χ1v) is 9.90. The summed E-state index contributed by atoms with van der Waals surface area (Å²) in [6.07, 6.45) is 1.27. The van der Waals surface area contributed by atoms with E-state index in [1.807, 2.05) is 0 Å². The highest BCUT2D eigenvalue weighted by Gasteiger charge is 2.23. The summed E-state index contributed by atoms with van der Waals surface area (Å²) in [6, 6.07) is 7.96. The number of halogens is 2. The Morgan fingerprint density at radius 2 is 1.89 bits per heavy atom. The summed E-state index contributed by atoms with van der Waals surface area (Å²) in [5.74, 6) is -1.61. The van der Waals surface area contributed by atoms with Crippen LogP contribution in [0.1, 0.15) is 17.5 Å². The molecule has 144 valence electrons. The average molecular weight is 395 g/mol. The molecule has 0 aliphatic carbocycles. The van der Waals surface area contributed by atoms with Crippen molar-refractivity contribution in [2.75, 3.05) is 18.0 Å². The summed E-state index contributed by atoms with van der Waals surface area (Å²) in [4.78, 5) is 13.8. The molecule has 0 spiro atoms. The molecule has 2 aromatic rings. The van der Waals surface area contributed by atoms with E-state index in [0.717, 1.165) is 6.07 Å². The van der Waals surface area contributed by atoms with Crippen LogP contribution in [0.3, 0.4) is 0 Å². The SMILES string of the molecule is NS(=O)(=O)c1ccc(CNC(=O)CN2CCCc3cc(F)cc(F)c32)cc1. The van der Waals surface area contributed by atoms with Gasteiger partial charge >= 0.3 is 0 Å². The number of nitrogens with one attached hydrogen (secondary N) is 1. The molecule has 27 heavy (non-hydrogen) atoms. The van der Waals surface area contributed by atoms with E-state index in [1.54, 1.807) is 17.0 Å². The third-order valence-corrected chi connectivity index (χ3v) is 5.30. The number of hydrogen-bond donors (Lipinski definition) is 2. The second kappa shape index (κ2) is 7.61. The van der Waals surface area contributed by atoms with E-state index in [0.29, 0.717) is 30.5 Å². The second-order valence-corrected chi connectivity index (χ2v) is 7.95. The molecule has 1 aliphatic rings. The minimum Gasteiger partial charge on any atom is -0.360 e. The number of benzene rings is 2. The van der Waals surface area contributed by atoms with Gasteiger partial charge in [0, 0.05) is 19.2 Å². The van der Waals surface area contributed by atoms with Gasteiger partial charge < -0.3 is 10.2 Å². The lowest BCUT2D eigenvalue weighted by Gasteiger charge is -2.31. The Hall–Kier alpha value is -2.52. The van der Waals surface area contributed by atoms with Crippen molar-refractivity contribution in [2.24, 2.45) is 5.14 Å². The fourth-order valence-electron chi connectivity index (χ4n) is 3.12. The van der Waals surface area contributed by atoms with E-state index in [-0.39, 0.29) is 29.6 Å². The third kappa shape index (κ3) is 4.61. The molecule has 6 nitrogen and oxygen atoms in total. The molecule has 0 saturated heterocycles. The van der Waals surface area contributed by atoms with Gasteiger partial charge in [-0.1, -0.05) is 12.1 Å². The molecule has 1 aliphatic heterocycles. The van der Waals surface area contributed by atoms with Crippen LogP contribution in [0.15, 0.2) is 41.3 Å². The number of anilines is 1. The number of rotatable bonds is 5. The summed E-state index contributed by atoms with van der Waals surface area (Å²) in [5.41, 5.74) is 1.53. The molecule has 9 heteroatoms. The number of amides is 1. The van der Waals surface area contributed by atoms with E-state index in [4.69, 9.17) is 5.14 Å². The van der Waals surface area contributed by atoms with E-state index in [9.17, 15) is 22.0 Å². The highest BCUT2D eigenvalue weighted by Crippen LogP contribution is 2.30. The van der Waals surface area contributed by atoms with Crippen LogP contribution < -0.4 is 15.4 Å². The van der Waals surface area contributed by atoms with Crippen LogP contribution in [0.2, 0.25) is 0 Å². The molecule has 1 amide bonds. The molecule has 0 saturated carbocycles. The first-order valence-electron chi connectivity index (χ1n) is 8.35.